The molecule has 0 aliphatic rings. The molecule has 0 amide bonds. The van der Waals surface area contributed by atoms with Crippen molar-refractivity contribution in [2.24, 2.45) is 5.73 Å². The van der Waals surface area contributed by atoms with Crippen LogP contribution in [-0.2, 0) is 6.42 Å². The van der Waals surface area contributed by atoms with Crippen LogP contribution in [0, 0.1) is 0 Å². The van der Waals surface area contributed by atoms with Gasteiger partial charge >= 0.3 is 0 Å². The lowest BCUT2D eigenvalue weighted by molar-refractivity contribution is 0.964. The molecular weight excluding hydrogens is 258 g/mol. The van der Waals surface area contributed by atoms with Crippen LogP contribution in [0.1, 0.15) is 19.4 Å². The van der Waals surface area contributed by atoms with Gasteiger partial charge in [-0.2, -0.15) is 0 Å². The molecule has 2 N–H and O–H groups in total. The Morgan fingerprint density at radius 2 is 2.14 bits per heavy atom. The summed E-state index contributed by atoms with van der Waals surface area (Å²) in [5, 5.41) is 0.617. The normalized spacial score (nSPS) is 10.9. The summed E-state index contributed by atoms with van der Waals surface area (Å²) >= 11 is 5.46. The first-order valence-electron chi connectivity index (χ1n) is 4.78. The fourth-order valence-corrected chi connectivity index (χ4v) is 2.75. The van der Waals surface area contributed by atoms with E-state index in [-0.39, 0.29) is 0 Å². The lowest BCUT2D eigenvalue weighted by atomic mass is 10.2. The van der Waals surface area contributed by atoms with Crippen LogP contribution >= 0.6 is 27.7 Å². The minimum absolute atomic E-state index is 0.617. The van der Waals surface area contributed by atoms with Gasteiger partial charge in [-0.25, -0.2) is 0 Å². The Labute approximate surface area is 98.6 Å². The van der Waals surface area contributed by atoms with Crippen LogP contribution in [-0.4, -0.2) is 11.8 Å². The quantitative estimate of drug-likeness (QED) is 0.851. The average molecular weight is 274 g/mol. The van der Waals surface area contributed by atoms with Crippen LogP contribution in [0.5, 0.6) is 0 Å². The maximum Gasteiger partial charge on any atom is 0.0314 e. The number of halogens is 1. The van der Waals surface area contributed by atoms with Crippen molar-refractivity contribution in [3.63, 3.8) is 0 Å². The van der Waals surface area contributed by atoms with E-state index in [2.05, 4.69) is 48.0 Å². The first-order valence-corrected chi connectivity index (χ1v) is 6.46. The number of hydrogen-bond donors (Lipinski definition) is 1. The summed E-state index contributed by atoms with van der Waals surface area (Å²) in [7, 11) is 0. The zero-order chi connectivity index (χ0) is 10.6. The van der Waals surface area contributed by atoms with Crippen molar-refractivity contribution in [3.05, 3.63) is 28.2 Å². The van der Waals surface area contributed by atoms with Gasteiger partial charge in [0.15, 0.2) is 0 Å². The third kappa shape index (κ3) is 3.64. The van der Waals surface area contributed by atoms with Crippen LogP contribution in [0.25, 0.3) is 0 Å². The lowest BCUT2D eigenvalue weighted by Crippen LogP contribution is -2.02. The molecule has 0 spiro atoms. The Morgan fingerprint density at radius 1 is 1.43 bits per heavy atom. The molecular formula is C11H16BrNS. The van der Waals surface area contributed by atoms with E-state index >= 15 is 0 Å². The molecule has 0 bridgehead atoms. The summed E-state index contributed by atoms with van der Waals surface area (Å²) in [5.41, 5.74) is 6.81. The molecule has 0 fully saturated rings. The summed E-state index contributed by atoms with van der Waals surface area (Å²) in [6.45, 7) is 5.11. The van der Waals surface area contributed by atoms with Crippen LogP contribution in [0.3, 0.4) is 0 Å². The molecule has 3 heteroatoms. The first kappa shape index (κ1) is 12.1. The Kier molecular flexibility index (Phi) is 4.99. The minimum Gasteiger partial charge on any atom is -0.330 e. The van der Waals surface area contributed by atoms with E-state index in [9.17, 15) is 0 Å². The smallest absolute Gasteiger partial charge is 0.0314 e. The largest absolute Gasteiger partial charge is 0.330 e. The zero-order valence-electron chi connectivity index (χ0n) is 8.59. The molecule has 0 atom stereocenters. The highest BCUT2D eigenvalue weighted by atomic mass is 79.9. The van der Waals surface area contributed by atoms with Gasteiger partial charge in [0, 0.05) is 14.6 Å². The van der Waals surface area contributed by atoms with Crippen molar-refractivity contribution >= 4 is 27.7 Å². The van der Waals surface area contributed by atoms with Gasteiger partial charge < -0.3 is 5.73 Å². The Morgan fingerprint density at radius 3 is 2.64 bits per heavy atom. The van der Waals surface area contributed by atoms with E-state index in [1.807, 2.05) is 11.8 Å². The molecule has 1 aromatic rings. The summed E-state index contributed by atoms with van der Waals surface area (Å²) < 4.78 is 1.18. The van der Waals surface area contributed by atoms with Crippen molar-refractivity contribution in [1.82, 2.24) is 0 Å². The molecule has 0 aliphatic carbocycles. The molecule has 0 radical (unpaired) electrons. The number of rotatable bonds is 4. The van der Waals surface area contributed by atoms with E-state index in [0.717, 1.165) is 6.42 Å². The van der Waals surface area contributed by atoms with E-state index in [0.29, 0.717) is 11.8 Å². The SMILES string of the molecule is CC(C)Sc1ccc(CCN)cc1Br. The van der Waals surface area contributed by atoms with Gasteiger partial charge in [0.25, 0.3) is 0 Å². The molecule has 1 rings (SSSR count). The van der Waals surface area contributed by atoms with Crippen molar-refractivity contribution in [2.45, 2.75) is 30.4 Å². The van der Waals surface area contributed by atoms with Crippen LogP contribution in [0.4, 0.5) is 0 Å². The standard InChI is InChI=1S/C11H16BrNS/c1-8(2)14-11-4-3-9(5-6-13)7-10(11)12/h3-4,7-8H,5-6,13H2,1-2H3. The highest BCUT2D eigenvalue weighted by molar-refractivity contribution is 9.10. The molecule has 0 aliphatic heterocycles. The van der Waals surface area contributed by atoms with Crippen molar-refractivity contribution in [2.75, 3.05) is 6.54 Å². The van der Waals surface area contributed by atoms with E-state index in [1.165, 1.54) is 14.9 Å². The predicted molar refractivity (Wildman–Crippen MR) is 67.9 cm³/mol. The highest BCUT2D eigenvalue weighted by Gasteiger charge is 2.03. The molecule has 14 heavy (non-hydrogen) atoms. The van der Waals surface area contributed by atoms with Gasteiger partial charge in [0.1, 0.15) is 0 Å². The molecule has 0 saturated carbocycles. The maximum atomic E-state index is 5.51. The third-order valence-electron chi connectivity index (χ3n) is 1.79. The zero-order valence-corrected chi connectivity index (χ0v) is 11.0. The summed E-state index contributed by atoms with van der Waals surface area (Å²) in [4.78, 5) is 1.31. The number of benzene rings is 1. The third-order valence-corrected chi connectivity index (χ3v) is 3.79. The summed E-state index contributed by atoms with van der Waals surface area (Å²) in [6, 6.07) is 6.49. The molecule has 1 aromatic carbocycles. The molecule has 78 valence electrons. The fraction of sp³-hybridized carbons (Fsp3) is 0.455. The van der Waals surface area contributed by atoms with Crippen molar-refractivity contribution < 1.29 is 0 Å². The molecule has 0 saturated heterocycles. The van der Waals surface area contributed by atoms with E-state index in [1.54, 1.807) is 0 Å². The summed E-state index contributed by atoms with van der Waals surface area (Å²) in [5.74, 6) is 0. The van der Waals surface area contributed by atoms with Crippen LogP contribution in [0.2, 0.25) is 0 Å². The van der Waals surface area contributed by atoms with Gasteiger partial charge in [-0.05, 0) is 46.6 Å². The minimum atomic E-state index is 0.617. The van der Waals surface area contributed by atoms with Crippen LogP contribution < -0.4 is 5.73 Å². The molecule has 0 aromatic heterocycles. The van der Waals surface area contributed by atoms with E-state index < -0.39 is 0 Å². The second-order valence-corrected chi connectivity index (χ2v) is 5.94. The Hall–Kier alpha value is 0.01000. The number of hydrogen-bond acceptors (Lipinski definition) is 2. The second kappa shape index (κ2) is 5.79. The fourth-order valence-electron chi connectivity index (χ4n) is 1.22. The molecule has 0 heterocycles. The number of nitrogens with two attached hydrogens (primary N) is 1. The maximum absolute atomic E-state index is 5.51. The Bertz CT molecular complexity index is 299. The Balaban J connectivity index is 2.79. The van der Waals surface area contributed by atoms with Crippen LogP contribution in [0.15, 0.2) is 27.6 Å². The second-order valence-electron chi connectivity index (χ2n) is 3.47. The van der Waals surface area contributed by atoms with E-state index in [4.69, 9.17) is 5.73 Å². The first-order chi connectivity index (χ1) is 6.63. The van der Waals surface area contributed by atoms with Gasteiger partial charge in [0.2, 0.25) is 0 Å². The number of thioether (sulfide) groups is 1. The lowest BCUT2D eigenvalue weighted by Gasteiger charge is -2.08. The van der Waals surface area contributed by atoms with Gasteiger partial charge in [-0.3, -0.25) is 0 Å². The van der Waals surface area contributed by atoms with Crippen molar-refractivity contribution in [3.8, 4) is 0 Å². The molecule has 0 unspecified atom stereocenters. The van der Waals surface area contributed by atoms with Gasteiger partial charge in [-0.1, -0.05) is 19.9 Å². The summed E-state index contributed by atoms with van der Waals surface area (Å²) in [6.07, 6.45) is 0.950. The topological polar surface area (TPSA) is 26.0 Å². The van der Waals surface area contributed by atoms with Gasteiger partial charge in [0.05, 0.1) is 0 Å². The predicted octanol–water partition coefficient (Wildman–Crippen LogP) is 3.45. The van der Waals surface area contributed by atoms with Crippen molar-refractivity contribution in [1.29, 1.82) is 0 Å². The van der Waals surface area contributed by atoms with Gasteiger partial charge in [-0.15, -0.1) is 11.8 Å². The monoisotopic (exact) mass is 273 g/mol. The average Bonchev–Trinajstić information content (AvgIpc) is 2.10. The highest BCUT2D eigenvalue weighted by Crippen LogP contribution is 2.31. The molecule has 1 nitrogen and oxygen atoms in total.